The second-order valence-corrected chi connectivity index (χ2v) is 2.84. The van der Waals surface area contributed by atoms with E-state index in [1.807, 2.05) is 12.1 Å². The van der Waals surface area contributed by atoms with Gasteiger partial charge in [0.2, 0.25) is 0 Å². The maximum Gasteiger partial charge on any atom is 0.131 e. The first kappa shape index (κ1) is 8.63. The van der Waals surface area contributed by atoms with Crippen LogP contribution in [0.5, 0.6) is 17.2 Å². The SMILES string of the molecule is Oc1cccc(Oc2cc[c]cc2)c1. The standard InChI is InChI=1S/C12H9O2/c13-10-5-4-8-12(9-10)14-11-6-2-1-3-7-11/h2-9,13H. The number of aromatic hydroxyl groups is 1. The van der Waals surface area contributed by atoms with Gasteiger partial charge in [-0.15, -0.1) is 0 Å². The van der Waals surface area contributed by atoms with Crippen molar-refractivity contribution in [3.8, 4) is 17.2 Å². The van der Waals surface area contributed by atoms with Crippen LogP contribution in [0.25, 0.3) is 0 Å². The zero-order chi connectivity index (χ0) is 9.80. The van der Waals surface area contributed by atoms with Crippen molar-refractivity contribution >= 4 is 0 Å². The van der Waals surface area contributed by atoms with Crippen molar-refractivity contribution in [2.24, 2.45) is 0 Å². The van der Waals surface area contributed by atoms with Gasteiger partial charge in [0, 0.05) is 6.07 Å². The predicted octanol–water partition coefficient (Wildman–Crippen LogP) is 2.98. The maximum absolute atomic E-state index is 9.20. The molecule has 0 unspecified atom stereocenters. The van der Waals surface area contributed by atoms with E-state index in [4.69, 9.17) is 4.74 Å². The van der Waals surface area contributed by atoms with Crippen LogP contribution in [0.3, 0.4) is 0 Å². The molecule has 0 saturated carbocycles. The van der Waals surface area contributed by atoms with E-state index in [2.05, 4.69) is 6.07 Å². The van der Waals surface area contributed by atoms with Gasteiger partial charge in [-0.2, -0.15) is 0 Å². The molecule has 2 nitrogen and oxygen atoms in total. The first-order valence-electron chi connectivity index (χ1n) is 4.27. The first-order chi connectivity index (χ1) is 6.84. The quantitative estimate of drug-likeness (QED) is 0.779. The molecule has 0 spiro atoms. The number of benzene rings is 2. The van der Waals surface area contributed by atoms with E-state index in [1.54, 1.807) is 36.4 Å². The summed E-state index contributed by atoms with van der Waals surface area (Å²) in [5, 5.41) is 9.20. The monoisotopic (exact) mass is 185 g/mol. The summed E-state index contributed by atoms with van der Waals surface area (Å²) >= 11 is 0. The number of phenols is 1. The van der Waals surface area contributed by atoms with Crippen molar-refractivity contribution in [3.05, 3.63) is 54.6 Å². The van der Waals surface area contributed by atoms with Crippen molar-refractivity contribution in [2.45, 2.75) is 0 Å². The molecule has 0 heterocycles. The van der Waals surface area contributed by atoms with Crippen molar-refractivity contribution < 1.29 is 9.84 Å². The normalized spacial score (nSPS) is 9.71. The van der Waals surface area contributed by atoms with Gasteiger partial charge in [-0.3, -0.25) is 0 Å². The minimum Gasteiger partial charge on any atom is -0.508 e. The number of hydrogen-bond donors (Lipinski definition) is 1. The average molecular weight is 185 g/mol. The van der Waals surface area contributed by atoms with E-state index >= 15 is 0 Å². The van der Waals surface area contributed by atoms with Crippen molar-refractivity contribution in [1.82, 2.24) is 0 Å². The summed E-state index contributed by atoms with van der Waals surface area (Å²) in [7, 11) is 0. The van der Waals surface area contributed by atoms with Gasteiger partial charge in [0.15, 0.2) is 0 Å². The largest absolute Gasteiger partial charge is 0.508 e. The lowest BCUT2D eigenvalue weighted by atomic mass is 10.3. The van der Waals surface area contributed by atoms with Crippen LogP contribution < -0.4 is 4.74 Å². The summed E-state index contributed by atoms with van der Waals surface area (Å²) in [4.78, 5) is 0. The smallest absolute Gasteiger partial charge is 0.131 e. The molecule has 0 aliphatic heterocycles. The Morgan fingerprint density at radius 3 is 2.50 bits per heavy atom. The Hall–Kier alpha value is -1.96. The highest BCUT2D eigenvalue weighted by molar-refractivity contribution is 5.35. The highest BCUT2D eigenvalue weighted by Gasteiger charge is 1.96. The Morgan fingerprint density at radius 1 is 1.00 bits per heavy atom. The Bertz CT molecular complexity index is 410. The van der Waals surface area contributed by atoms with Gasteiger partial charge in [-0.05, 0) is 30.3 Å². The fraction of sp³-hybridized carbons (Fsp3) is 0. The molecule has 2 aromatic rings. The van der Waals surface area contributed by atoms with Crippen LogP contribution in [0.2, 0.25) is 0 Å². The van der Waals surface area contributed by atoms with Crippen LogP contribution in [0.1, 0.15) is 0 Å². The molecular formula is C12H9O2. The molecule has 0 atom stereocenters. The number of hydrogen-bond acceptors (Lipinski definition) is 2. The lowest BCUT2D eigenvalue weighted by molar-refractivity contribution is 0.455. The third-order valence-electron chi connectivity index (χ3n) is 1.74. The Balaban J connectivity index is 2.19. The zero-order valence-electron chi connectivity index (χ0n) is 7.47. The predicted molar refractivity (Wildman–Crippen MR) is 53.5 cm³/mol. The summed E-state index contributed by atoms with van der Waals surface area (Å²) in [5.41, 5.74) is 0. The van der Waals surface area contributed by atoms with Gasteiger partial charge in [0.25, 0.3) is 0 Å². The third kappa shape index (κ3) is 2.04. The number of phenolic OH excluding ortho intramolecular Hbond substituents is 1. The van der Waals surface area contributed by atoms with Crippen LogP contribution in [0.15, 0.2) is 48.5 Å². The van der Waals surface area contributed by atoms with E-state index in [-0.39, 0.29) is 5.75 Å². The topological polar surface area (TPSA) is 29.5 Å². The lowest BCUT2D eigenvalue weighted by Crippen LogP contribution is -1.82. The molecular weight excluding hydrogens is 176 g/mol. The van der Waals surface area contributed by atoms with E-state index < -0.39 is 0 Å². The molecule has 69 valence electrons. The van der Waals surface area contributed by atoms with Gasteiger partial charge in [0.05, 0.1) is 0 Å². The lowest BCUT2D eigenvalue weighted by Gasteiger charge is -2.04. The highest BCUT2D eigenvalue weighted by atomic mass is 16.5. The van der Waals surface area contributed by atoms with Crippen LogP contribution in [-0.2, 0) is 0 Å². The fourth-order valence-electron chi connectivity index (χ4n) is 1.12. The minimum absolute atomic E-state index is 0.199. The molecule has 0 aromatic heterocycles. The van der Waals surface area contributed by atoms with Crippen molar-refractivity contribution in [3.63, 3.8) is 0 Å². The molecule has 0 fully saturated rings. The van der Waals surface area contributed by atoms with E-state index in [0.717, 1.165) is 5.75 Å². The third-order valence-corrected chi connectivity index (χ3v) is 1.74. The van der Waals surface area contributed by atoms with Gasteiger partial charge in [-0.1, -0.05) is 18.2 Å². The molecule has 1 radical (unpaired) electrons. The molecule has 0 amide bonds. The zero-order valence-corrected chi connectivity index (χ0v) is 7.47. The van der Waals surface area contributed by atoms with Crippen LogP contribution in [-0.4, -0.2) is 5.11 Å². The summed E-state index contributed by atoms with van der Waals surface area (Å²) in [6, 6.07) is 16.8. The van der Waals surface area contributed by atoms with Gasteiger partial charge in [-0.25, -0.2) is 0 Å². The summed E-state index contributed by atoms with van der Waals surface area (Å²) in [6.07, 6.45) is 0. The Labute approximate surface area is 82.4 Å². The first-order valence-corrected chi connectivity index (χ1v) is 4.27. The number of ether oxygens (including phenoxy) is 1. The van der Waals surface area contributed by atoms with Crippen molar-refractivity contribution in [1.29, 1.82) is 0 Å². The highest BCUT2D eigenvalue weighted by Crippen LogP contribution is 2.23. The minimum atomic E-state index is 0.199. The second-order valence-electron chi connectivity index (χ2n) is 2.84. The van der Waals surface area contributed by atoms with E-state index in [9.17, 15) is 5.11 Å². The molecule has 2 rings (SSSR count). The second kappa shape index (κ2) is 3.83. The fourth-order valence-corrected chi connectivity index (χ4v) is 1.12. The van der Waals surface area contributed by atoms with Gasteiger partial charge >= 0.3 is 0 Å². The molecule has 14 heavy (non-hydrogen) atoms. The van der Waals surface area contributed by atoms with Crippen LogP contribution in [0, 0.1) is 6.07 Å². The van der Waals surface area contributed by atoms with Crippen LogP contribution in [0.4, 0.5) is 0 Å². The van der Waals surface area contributed by atoms with Crippen LogP contribution >= 0.6 is 0 Å². The van der Waals surface area contributed by atoms with E-state index in [1.165, 1.54) is 0 Å². The average Bonchev–Trinajstić information content (AvgIpc) is 2.19. The summed E-state index contributed by atoms with van der Waals surface area (Å²) < 4.78 is 5.48. The molecule has 0 aliphatic carbocycles. The molecule has 0 bridgehead atoms. The molecule has 1 N–H and O–H groups in total. The maximum atomic E-state index is 9.20. The molecule has 2 aromatic carbocycles. The van der Waals surface area contributed by atoms with Gasteiger partial charge in [0.1, 0.15) is 17.2 Å². The molecule has 0 saturated heterocycles. The molecule has 0 aliphatic rings. The Morgan fingerprint density at radius 2 is 1.79 bits per heavy atom. The Kier molecular flexibility index (Phi) is 2.36. The summed E-state index contributed by atoms with van der Waals surface area (Å²) in [6.45, 7) is 0. The van der Waals surface area contributed by atoms with E-state index in [0.29, 0.717) is 5.75 Å². The van der Waals surface area contributed by atoms with Crippen molar-refractivity contribution in [2.75, 3.05) is 0 Å². The summed E-state index contributed by atoms with van der Waals surface area (Å²) in [5.74, 6) is 1.55. The molecule has 2 heteroatoms. The number of rotatable bonds is 2. The van der Waals surface area contributed by atoms with Gasteiger partial charge < -0.3 is 9.84 Å².